The highest BCUT2D eigenvalue weighted by Crippen LogP contribution is 2.13. The van der Waals surface area contributed by atoms with Crippen molar-refractivity contribution in [3.05, 3.63) is 65.4 Å². The maximum absolute atomic E-state index is 12.2. The molecule has 1 aromatic heterocycles. The maximum Gasteiger partial charge on any atom is 0.230 e. The second kappa shape index (κ2) is 5.11. The molecule has 0 fully saturated rings. The number of carbonyl (C=O) groups is 1. The molecule has 0 saturated carbocycles. The average molecular weight is 247 g/mol. The van der Waals surface area contributed by atoms with Crippen molar-refractivity contribution in [2.24, 2.45) is 0 Å². The summed E-state index contributed by atoms with van der Waals surface area (Å²) in [5.41, 5.74) is 0.679. The molecule has 0 unspecified atom stereocenters. The first-order valence-electron chi connectivity index (χ1n) is 5.44. The standard InChI is InChI=1S/C14H13ClNO/c1-11(16-9-3-2-4-10-16)14(17)12-5-7-13(15)8-6-12/h2-11H,1H3/q+1/t11-/m0/s1. The second-order valence-corrected chi connectivity index (χ2v) is 4.31. The Bertz CT molecular complexity index is 508. The van der Waals surface area contributed by atoms with Crippen molar-refractivity contribution >= 4 is 17.4 Å². The summed E-state index contributed by atoms with van der Waals surface area (Å²) in [4.78, 5) is 12.2. The van der Waals surface area contributed by atoms with Crippen LogP contribution in [-0.4, -0.2) is 5.78 Å². The van der Waals surface area contributed by atoms with E-state index in [-0.39, 0.29) is 11.8 Å². The number of rotatable bonds is 3. The topological polar surface area (TPSA) is 20.9 Å². The lowest BCUT2D eigenvalue weighted by molar-refractivity contribution is -0.704. The van der Waals surface area contributed by atoms with Gasteiger partial charge in [-0.25, -0.2) is 0 Å². The van der Waals surface area contributed by atoms with E-state index in [1.807, 2.05) is 42.1 Å². The number of hydrogen-bond acceptors (Lipinski definition) is 1. The quantitative estimate of drug-likeness (QED) is 0.602. The number of halogens is 1. The largest absolute Gasteiger partial charge is 0.287 e. The van der Waals surface area contributed by atoms with Gasteiger partial charge in [-0.3, -0.25) is 4.79 Å². The average Bonchev–Trinajstić information content (AvgIpc) is 2.39. The van der Waals surface area contributed by atoms with Gasteiger partial charge in [-0.1, -0.05) is 17.7 Å². The molecule has 0 aliphatic heterocycles. The van der Waals surface area contributed by atoms with Crippen LogP contribution in [0.4, 0.5) is 0 Å². The summed E-state index contributed by atoms with van der Waals surface area (Å²) in [5.74, 6) is 0.0814. The molecule has 86 valence electrons. The van der Waals surface area contributed by atoms with E-state index >= 15 is 0 Å². The zero-order valence-electron chi connectivity index (χ0n) is 9.51. The predicted molar refractivity (Wildman–Crippen MR) is 67.1 cm³/mol. The Balaban J connectivity index is 2.23. The van der Waals surface area contributed by atoms with Crippen molar-refractivity contribution < 1.29 is 9.36 Å². The monoisotopic (exact) mass is 246 g/mol. The Morgan fingerprint density at radius 1 is 1.12 bits per heavy atom. The van der Waals surface area contributed by atoms with Crippen molar-refractivity contribution in [2.75, 3.05) is 0 Å². The fourth-order valence-electron chi connectivity index (χ4n) is 1.66. The summed E-state index contributed by atoms with van der Waals surface area (Å²) < 4.78 is 1.89. The van der Waals surface area contributed by atoms with Crippen molar-refractivity contribution in [1.82, 2.24) is 0 Å². The van der Waals surface area contributed by atoms with E-state index in [1.165, 1.54) is 0 Å². The van der Waals surface area contributed by atoms with Crippen LogP contribution in [0.15, 0.2) is 54.9 Å². The van der Waals surface area contributed by atoms with Crippen LogP contribution in [0.25, 0.3) is 0 Å². The van der Waals surface area contributed by atoms with Crippen molar-refractivity contribution in [2.45, 2.75) is 13.0 Å². The Morgan fingerprint density at radius 2 is 1.71 bits per heavy atom. The van der Waals surface area contributed by atoms with E-state index in [0.717, 1.165) is 0 Å². The molecule has 3 heteroatoms. The molecule has 2 aromatic rings. The number of Topliss-reactive ketones (excluding diaryl/α,β-unsaturated/α-hetero) is 1. The zero-order chi connectivity index (χ0) is 12.3. The summed E-state index contributed by atoms with van der Waals surface area (Å²) in [6, 6.07) is 12.5. The first kappa shape index (κ1) is 11.8. The van der Waals surface area contributed by atoms with Crippen LogP contribution in [0.5, 0.6) is 0 Å². The molecule has 0 spiro atoms. The van der Waals surface area contributed by atoms with E-state index < -0.39 is 0 Å². The summed E-state index contributed by atoms with van der Waals surface area (Å²) in [5, 5.41) is 0.640. The molecule has 0 N–H and O–H groups in total. The molecule has 0 radical (unpaired) electrons. The lowest BCUT2D eigenvalue weighted by Gasteiger charge is -2.06. The third-order valence-electron chi connectivity index (χ3n) is 2.69. The van der Waals surface area contributed by atoms with E-state index in [2.05, 4.69) is 0 Å². The maximum atomic E-state index is 12.2. The van der Waals surface area contributed by atoms with Gasteiger partial charge in [0.15, 0.2) is 12.4 Å². The van der Waals surface area contributed by atoms with Gasteiger partial charge in [-0.15, -0.1) is 0 Å². The van der Waals surface area contributed by atoms with Crippen LogP contribution in [0, 0.1) is 0 Å². The molecule has 0 saturated heterocycles. The molecular formula is C14H13ClNO+. The molecule has 0 bridgehead atoms. The van der Waals surface area contributed by atoms with Crippen LogP contribution >= 0.6 is 11.6 Å². The van der Waals surface area contributed by atoms with Gasteiger partial charge in [0.25, 0.3) is 0 Å². The first-order chi connectivity index (χ1) is 8.18. The van der Waals surface area contributed by atoms with Gasteiger partial charge in [0.1, 0.15) is 0 Å². The van der Waals surface area contributed by atoms with Crippen LogP contribution in [0.1, 0.15) is 23.3 Å². The Labute approximate surface area is 105 Å². The minimum absolute atomic E-state index is 0.0814. The Hall–Kier alpha value is -1.67. The van der Waals surface area contributed by atoms with Crippen LogP contribution in [-0.2, 0) is 0 Å². The molecule has 2 rings (SSSR count). The van der Waals surface area contributed by atoms with Crippen LogP contribution in [0.3, 0.4) is 0 Å². The summed E-state index contributed by atoms with van der Waals surface area (Å²) >= 11 is 5.80. The summed E-state index contributed by atoms with van der Waals surface area (Å²) in [7, 11) is 0. The number of carbonyl (C=O) groups excluding carboxylic acids is 1. The van der Waals surface area contributed by atoms with Crippen molar-refractivity contribution in [3.63, 3.8) is 0 Å². The predicted octanol–water partition coefficient (Wildman–Crippen LogP) is 3.07. The molecule has 1 atom stereocenters. The van der Waals surface area contributed by atoms with Crippen LogP contribution < -0.4 is 4.57 Å². The summed E-state index contributed by atoms with van der Waals surface area (Å²) in [6.07, 6.45) is 3.77. The van der Waals surface area contributed by atoms with Gasteiger partial charge in [0.05, 0.1) is 0 Å². The fourth-order valence-corrected chi connectivity index (χ4v) is 1.79. The van der Waals surface area contributed by atoms with Gasteiger partial charge in [0.2, 0.25) is 11.8 Å². The van der Waals surface area contributed by atoms with Gasteiger partial charge >= 0.3 is 0 Å². The van der Waals surface area contributed by atoms with Gasteiger partial charge in [0, 0.05) is 29.6 Å². The van der Waals surface area contributed by atoms with Gasteiger partial charge in [-0.2, -0.15) is 4.57 Å². The Kier molecular flexibility index (Phi) is 3.55. The minimum Gasteiger partial charge on any atom is -0.287 e. The lowest BCUT2D eigenvalue weighted by Crippen LogP contribution is -2.41. The minimum atomic E-state index is -0.211. The smallest absolute Gasteiger partial charge is 0.230 e. The first-order valence-corrected chi connectivity index (χ1v) is 5.82. The highest BCUT2D eigenvalue weighted by molar-refractivity contribution is 6.30. The SMILES string of the molecule is C[C@@H](C(=O)c1ccc(Cl)cc1)[n+]1ccccc1. The normalized spacial score (nSPS) is 12.1. The number of pyridine rings is 1. The van der Waals surface area contributed by atoms with Crippen LogP contribution in [0.2, 0.25) is 5.02 Å². The molecule has 1 aromatic carbocycles. The summed E-state index contributed by atoms with van der Waals surface area (Å²) in [6.45, 7) is 1.89. The highest BCUT2D eigenvalue weighted by atomic mass is 35.5. The number of aromatic nitrogens is 1. The van der Waals surface area contributed by atoms with E-state index in [4.69, 9.17) is 11.6 Å². The van der Waals surface area contributed by atoms with Crippen molar-refractivity contribution in [1.29, 1.82) is 0 Å². The number of benzene rings is 1. The zero-order valence-corrected chi connectivity index (χ0v) is 10.3. The number of nitrogens with zero attached hydrogens (tertiary/aromatic N) is 1. The van der Waals surface area contributed by atoms with Gasteiger partial charge < -0.3 is 0 Å². The van der Waals surface area contributed by atoms with E-state index in [0.29, 0.717) is 10.6 Å². The molecule has 17 heavy (non-hydrogen) atoms. The molecular weight excluding hydrogens is 234 g/mol. The van der Waals surface area contributed by atoms with E-state index in [1.54, 1.807) is 24.3 Å². The fraction of sp³-hybridized carbons (Fsp3) is 0.143. The third kappa shape index (κ3) is 2.71. The molecule has 1 heterocycles. The highest BCUT2D eigenvalue weighted by Gasteiger charge is 2.22. The number of ketones is 1. The second-order valence-electron chi connectivity index (χ2n) is 3.87. The van der Waals surface area contributed by atoms with Crippen molar-refractivity contribution in [3.8, 4) is 0 Å². The molecule has 0 aliphatic rings. The van der Waals surface area contributed by atoms with Gasteiger partial charge in [-0.05, 0) is 24.3 Å². The molecule has 0 aliphatic carbocycles. The third-order valence-corrected chi connectivity index (χ3v) is 2.95. The number of hydrogen-bond donors (Lipinski definition) is 0. The lowest BCUT2D eigenvalue weighted by atomic mass is 10.1. The van der Waals surface area contributed by atoms with E-state index in [9.17, 15) is 4.79 Å². The molecule has 2 nitrogen and oxygen atoms in total. The molecule has 0 amide bonds. The Morgan fingerprint density at radius 3 is 2.29 bits per heavy atom.